The Morgan fingerprint density at radius 3 is 2.47 bits per heavy atom. The van der Waals surface area contributed by atoms with Gasteiger partial charge in [-0.2, -0.15) is 0 Å². The van der Waals surface area contributed by atoms with Crippen molar-refractivity contribution < 1.29 is 9.84 Å². The molecule has 1 rings (SSSR count). The molecule has 90 valence electrons. The summed E-state index contributed by atoms with van der Waals surface area (Å²) in [5.41, 5.74) is 0.341. The molecule has 1 saturated carbocycles. The Morgan fingerprint density at radius 2 is 1.93 bits per heavy atom. The molecule has 0 radical (unpaired) electrons. The summed E-state index contributed by atoms with van der Waals surface area (Å²) < 4.78 is 5.72. The summed E-state index contributed by atoms with van der Waals surface area (Å²) in [6, 6.07) is 0. The van der Waals surface area contributed by atoms with Crippen LogP contribution in [0.15, 0.2) is 0 Å². The van der Waals surface area contributed by atoms with E-state index in [1.165, 1.54) is 0 Å². The lowest BCUT2D eigenvalue weighted by atomic mass is 9.71. The van der Waals surface area contributed by atoms with E-state index in [-0.39, 0.29) is 12.2 Å². The van der Waals surface area contributed by atoms with Crippen LogP contribution in [0.25, 0.3) is 0 Å². The van der Waals surface area contributed by atoms with Gasteiger partial charge in [0.25, 0.3) is 0 Å². The molecule has 0 heterocycles. The van der Waals surface area contributed by atoms with Gasteiger partial charge < -0.3 is 9.84 Å². The molecule has 1 aliphatic carbocycles. The second-order valence-corrected chi connectivity index (χ2v) is 5.85. The van der Waals surface area contributed by atoms with Crippen molar-refractivity contribution in [1.29, 1.82) is 0 Å². The first-order valence-corrected chi connectivity index (χ1v) is 6.24. The number of rotatable bonds is 3. The fourth-order valence-corrected chi connectivity index (χ4v) is 2.35. The summed E-state index contributed by atoms with van der Waals surface area (Å²) in [6.07, 6.45) is 3.92. The molecule has 0 aromatic heterocycles. The maximum atomic E-state index is 9.85. The number of hydrogen-bond donors (Lipinski definition) is 1. The quantitative estimate of drug-likeness (QED) is 0.782. The van der Waals surface area contributed by atoms with Crippen molar-refractivity contribution in [3.63, 3.8) is 0 Å². The Morgan fingerprint density at radius 1 is 1.27 bits per heavy atom. The lowest BCUT2D eigenvalue weighted by Gasteiger charge is -2.39. The fraction of sp³-hybridized carbons (Fsp3) is 1.00. The summed E-state index contributed by atoms with van der Waals surface area (Å²) in [5.74, 6) is 0.683. The Bertz CT molecular complexity index is 183. The molecule has 0 bridgehead atoms. The third kappa shape index (κ3) is 3.76. The van der Waals surface area contributed by atoms with Gasteiger partial charge in [0.1, 0.15) is 0 Å². The molecule has 0 aliphatic heterocycles. The van der Waals surface area contributed by atoms with E-state index in [1.807, 2.05) is 0 Å². The minimum absolute atomic E-state index is 0.0722. The molecule has 1 aliphatic rings. The zero-order valence-electron chi connectivity index (χ0n) is 10.6. The van der Waals surface area contributed by atoms with E-state index in [0.29, 0.717) is 11.3 Å². The molecule has 15 heavy (non-hydrogen) atoms. The van der Waals surface area contributed by atoms with Gasteiger partial charge in [-0.25, -0.2) is 0 Å². The second kappa shape index (κ2) is 5.31. The number of hydrogen-bond acceptors (Lipinski definition) is 2. The highest BCUT2D eigenvalue weighted by Crippen LogP contribution is 2.38. The van der Waals surface area contributed by atoms with E-state index in [0.717, 1.165) is 32.3 Å². The van der Waals surface area contributed by atoms with E-state index in [2.05, 4.69) is 27.7 Å². The van der Waals surface area contributed by atoms with Crippen LogP contribution >= 0.6 is 0 Å². The van der Waals surface area contributed by atoms with E-state index in [4.69, 9.17) is 4.74 Å². The number of aliphatic hydroxyl groups is 1. The van der Waals surface area contributed by atoms with Gasteiger partial charge in [-0.1, -0.05) is 27.7 Å². The van der Waals surface area contributed by atoms with Gasteiger partial charge in [-0.15, -0.1) is 0 Å². The standard InChI is InChI=1S/C13H26O2/c1-5-8-15-12-9-10(13(2,3)4)6-7-11(12)14/h10-12,14H,5-9H2,1-4H3. The van der Waals surface area contributed by atoms with Crippen LogP contribution in [0.4, 0.5) is 0 Å². The molecule has 0 amide bonds. The largest absolute Gasteiger partial charge is 0.390 e. The Balaban J connectivity index is 2.48. The molecule has 2 nitrogen and oxygen atoms in total. The monoisotopic (exact) mass is 214 g/mol. The van der Waals surface area contributed by atoms with E-state index >= 15 is 0 Å². The molecule has 0 aromatic carbocycles. The molecule has 0 spiro atoms. The lowest BCUT2D eigenvalue weighted by molar-refractivity contribution is -0.0835. The second-order valence-electron chi connectivity index (χ2n) is 5.85. The Hall–Kier alpha value is -0.0800. The van der Waals surface area contributed by atoms with E-state index in [9.17, 15) is 5.11 Å². The van der Waals surface area contributed by atoms with Crippen LogP contribution in [0.1, 0.15) is 53.4 Å². The lowest BCUT2D eigenvalue weighted by Crippen LogP contribution is -2.39. The van der Waals surface area contributed by atoms with Crippen LogP contribution in [0.3, 0.4) is 0 Å². The van der Waals surface area contributed by atoms with E-state index in [1.54, 1.807) is 0 Å². The highest BCUT2D eigenvalue weighted by atomic mass is 16.5. The molecule has 2 heteroatoms. The summed E-state index contributed by atoms with van der Waals surface area (Å²) in [7, 11) is 0. The van der Waals surface area contributed by atoms with Crippen LogP contribution in [0.2, 0.25) is 0 Å². The third-order valence-electron chi connectivity index (χ3n) is 3.52. The van der Waals surface area contributed by atoms with Gasteiger partial charge in [-0.3, -0.25) is 0 Å². The van der Waals surface area contributed by atoms with Crippen LogP contribution in [-0.2, 0) is 4.74 Å². The molecule has 1 N–H and O–H groups in total. The zero-order valence-corrected chi connectivity index (χ0v) is 10.6. The van der Waals surface area contributed by atoms with Crippen molar-refractivity contribution in [1.82, 2.24) is 0 Å². The molecular weight excluding hydrogens is 188 g/mol. The van der Waals surface area contributed by atoms with Gasteiger partial charge in [0.2, 0.25) is 0 Å². The first-order valence-electron chi connectivity index (χ1n) is 6.24. The third-order valence-corrected chi connectivity index (χ3v) is 3.52. The zero-order chi connectivity index (χ0) is 11.5. The van der Waals surface area contributed by atoms with E-state index < -0.39 is 0 Å². The maximum absolute atomic E-state index is 9.85. The summed E-state index contributed by atoms with van der Waals surface area (Å²) in [6.45, 7) is 9.74. The predicted molar refractivity (Wildman–Crippen MR) is 62.8 cm³/mol. The van der Waals surface area contributed by atoms with Gasteiger partial charge in [0.15, 0.2) is 0 Å². The average Bonchev–Trinajstić information content (AvgIpc) is 2.15. The molecular formula is C13H26O2. The predicted octanol–water partition coefficient (Wildman–Crippen LogP) is 2.99. The first-order chi connectivity index (χ1) is 6.95. The first kappa shape index (κ1) is 13.0. The highest BCUT2D eigenvalue weighted by Gasteiger charge is 2.35. The maximum Gasteiger partial charge on any atom is 0.0836 e. The van der Waals surface area contributed by atoms with Gasteiger partial charge in [0.05, 0.1) is 12.2 Å². The smallest absolute Gasteiger partial charge is 0.0836 e. The van der Waals surface area contributed by atoms with Crippen molar-refractivity contribution >= 4 is 0 Å². The highest BCUT2D eigenvalue weighted by molar-refractivity contribution is 4.86. The molecule has 0 aromatic rings. The van der Waals surface area contributed by atoms with Crippen LogP contribution in [0.5, 0.6) is 0 Å². The topological polar surface area (TPSA) is 29.5 Å². The van der Waals surface area contributed by atoms with Crippen molar-refractivity contribution in [2.75, 3.05) is 6.61 Å². The summed E-state index contributed by atoms with van der Waals surface area (Å²) in [4.78, 5) is 0. The van der Waals surface area contributed by atoms with Gasteiger partial charge in [-0.05, 0) is 37.0 Å². The molecule has 3 unspecified atom stereocenters. The average molecular weight is 214 g/mol. The Kier molecular flexibility index (Phi) is 4.60. The van der Waals surface area contributed by atoms with Crippen LogP contribution in [-0.4, -0.2) is 23.9 Å². The minimum atomic E-state index is -0.241. The summed E-state index contributed by atoms with van der Waals surface area (Å²) >= 11 is 0. The summed E-state index contributed by atoms with van der Waals surface area (Å²) in [5, 5.41) is 9.85. The van der Waals surface area contributed by atoms with Crippen molar-refractivity contribution in [2.24, 2.45) is 11.3 Å². The van der Waals surface area contributed by atoms with Gasteiger partial charge in [0, 0.05) is 6.61 Å². The Labute approximate surface area is 94.0 Å². The number of ether oxygens (including phenoxy) is 1. The normalized spacial score (nSPS) is 33.0. The van der Waals surface area contributed by atoms with Crippen LogP contribution in [0, 0.1) is 11.3 Å². The van der Waals surface area contributed by atoms with Crippen LogP contribution < -0.4 is 0 Å². The molecule has 3 atom stereocenters. The van der Waals surface area contributed by atoms with Crippen molar-refractivity contribution in [3.05, 3.63) is 0 Å². The van der Waals surface area contributed by atoms with Crippen molar-refractivity contribution in [2.45, 2.75) is 65.6 Å². The SMILES string of the molecule is CCCOC1CC(C(C)(C)C)CCC1O. The number of aliphatic hydroxyl groups excluding tert-OH is 1. The minimum Gasteiger partial charge on any atom is -0.390 e. The molecule has 1 fully saturated rings. The fourth-order valence-electron chi connectivity index (χ4n) is 2.35. The molecule has 0 saturated heterocycles. The van der Waals surface area contributed by atoms with Crippen molar-refractivity contribution in [3.8, 4) is 0 Å². The van der Waals surface area contributed by atoms with Gasteiger partial charge >= 0.3 is 0 Å².